The lowest BCUT2D eigenvalue weighted by Gasteiger charge is -2.27. The second kappa shape index (κ2) is 3.95. The number of rotatable bonds is 1. The zero-order chi connectivity index (χ0) is 9.97. The maximum Gasteiger partial charge on any atom is 0.147 e. The Labute approximate surface area is 85.2 Å². The predicted octanol–water partition coefficient (Wildman–Crippen LogP) is 2.08. The molecule has 14 heavy (non-hydrogen) atoms. The molecule has 0 N–H and O–H groups in total. The minimum Gasteiger partial charge on any atom is -0.355 e. The van der Waals surface area contributed by atoms with E-state index in [-0.39, 0.29) is 0 Å². The van der Waals surface area contributed by atoms with Crippen LogP contribution in [0, 0.1) is 13.8 Å². The number of anilines is 1. The Morgan fingerprint density at radius 1 is 1.07 bits per heavy atom. The molecule has 2 rings (SSSR count). The molecule has 0 atom stereocenters. The Hall–Kier alpha value is -1.12. The van der Waals surface area contributed by atoms with E-state index in [2.05, 4.69) is 14.9 Å². The first-order valence-corrected chi connectivity index (χ1v) is 5.32. The fraction of sp³-hybridized carbons (Fsp3) is 0.636. The van der Waals surface area contributed by atoms with Crippen LogP contribution in [0.5, 0.6) is 0 Å². The quantitative estimate of drug-likeness (QED) is 0.680. The molecule has 1 fully saturated rings. The van der Waals surface area contributed by atoms with E-state index < -0.39 is 0 Å². The zero-order valence-corrected chi connectivity index (χ0v) is 8.95. The summed E-state index contributed by atoms with van der Waals surface area (Å²) in [5, 5.41) is 0. The van der Waals surface area contributed by atoms with Gasteiger partial charge in [0, 0.05) is 13.1 Å². The molecule has 0 aliphatic carbocycles. The summed E-state index contributed by atoms with van der Waals surface area (Å²) in [7, 11) is 0. The summed E-state index contributed by atoms with van der Waals surface area (Å²) in [6, 6.07) is 0. The molecule has 76 valence electrons. The normalized spacial score (nSPS) is 17.1. The SMILES string of the molecule is Cc1ncc(N2CCCCC2)nc1C. The molecule has 0 radical (unpaired) electrons. The van der Waals surface area contributed by atoms with Crippen molar-refractivity contribution in [2.45, 2.75) is 33.1 Å². The van der Waals surface area contributed by atoms with E-state index >= 15 is 0 Å². The van der Waals surface area contributed by atoms with E-state index in [0.29, 0.717) is 0 Å². The molecular formula is C11H17N3. The molecule has 3 heteroatoms. The van der Waals surface area contributed by atoms with Crippen LogP contribution in [0.3, 0.4) is 0 Å². The first-order chi connectivity index (χ1) is 6.77. The molecule has 0 spiro atoms. The Morgan fingerprint density at radius 2 is 1.79 bits per heavy atom. The number of hydrogen-bond acceptors (Lipinski definition) is 3. The molecule has 3 nitrogen and oxygen atoms in total. The second-order valence-electron chi connectivity index (χ2n) is 3.95. The third-order valence-corrected chi connectivity index (χ3v) is 2.86. The molecule has 0 bridgehead atoms. The monoisotopic (exact) mass is 191 g/mol. The van der Waals surface area contributed by atoms with Gasteiger partial charge in [0.25, 0.3) is 0 Å². The highest BCUT2D eigenvalue weighted by atomic mass is 15.2. The van der Waals surface area contributed by atoms with Gasteiger partial charge in [-0.3, -0.25) is 4.98 Å². The van der Waals surface area contributed by atoms with Crippen LogP contribution in [0.2, 0.25) is 0 Å². The van der Waals surface area contributed by atoms with E-state index in [4.69, 9.17) is 0 Å². The molecule has 1 saturated heterocycles. The van der Waals surface area contributed by atoms with Gasteiger partial charge in [0.1, 0.15) is 5.82 Å². The van der Waals surface area contributed by atoms with Crippen molar-refractivity contribution in [1.82, 2.24) is 9.97 Å². The zero-order valence-electron chi connectivity index (χ0n) is 8.95. The minimum atomic E-state index is 1.03. The van der Waals surface area contributed by atoms with Gasteiger partial charge >= 0.3 is 0 Å². The molecule has 1 aromatic rings. The number of piperidine rings is 1. The third-order valence-electron chi connectivity index (χ3n) is 2.86. The Kier molecular flexibility index (Phi) is 2.66. The summed E-state index contributed by atoms with van der Waals surface area (Å²) in [4.78, 5) is 11.2. The fourth-order valence-electron chi connectivity index (χ4n) is 1.80. The summed E-state index contributed by atoms with van der Waals surface area (Å²) in [6.45, 7) is 6.30. The smallest absolute Gasteiger partial charge is 0.147 e. The van der Waals surface area contributed by atoms with Crippen LogP contribution in [0.15, 0.2) is 6.20 Å². The number of aromatic nitrogens is 2. The van der Waals surface area contributed by atoms with Gasteiger partial charge in [0.2, 0.25) is 0 Å². The highest BCUT2D eigenvalue weighted by Crippen LogP contribution is 2.17. The molecule has 0 saturated carbocycles. The molecular weight excluding hydrogens is 174 g/mol. The van der Waals surface area contributed by atoms with Crippen LogP contribution >= 0.6 is 0 Å². The average Bonchev–Trinajstić information content (AvgIpc) is 2.23. The predicted molar refractivity (Wildman–Crippen MR) is 57.6 cm³/mol. The highest BCUT2D eigenvalue weighted by molar-refractivity contribution is 5.37. The number of aryl methyl sites for hydroxylation is 2. The van der Waals surface area contributed by atoms with Gasteiger partial charge in [-0.25, -0.2) is 4.98 Å². The van der Waals surface area contributed by atoms with Crippen molar-refractivity contribution >= 4 is 5.82 Å². The van der Waals surface area contributed by atoms with Crippen LogP contribution < -0.4 is 4.90 Å². The van der Waals surface area contributed by atoms with E-state index in [0.717, 1.165) is 30.3 Å². The van der Waals surface area contributed by atoms with Crippen molar-refractivity contribution in [1.29, 1.82) is 0 Å². The Morgan fingerprint density at radius 3 is 2.43 bits per heavy atom. The summed E-state index contributed by atoms with van der Waals surface area (Å²) < 4.78 is 0. The lowest BCUT2D eigenvalue weighted by atomic mass is 10.1. The second-order valence-corrected chi connectivity index (χ2v) is 3.95. The number of hydrogen-bond donors (Lipinski definition) is 0. The standard InChI is InChI=1S/C11H17N3/c1-9-10(2)13-11(8-12-9)14-6-4-3-5-7-14/h8H,3-7H2,1-2H3. The van der Waals surface area contributed by atoms with E-state index in [9.17, 15) is 0 Å². The van der Waals surface area contributed by atoms with Gasteiger partial charge < -0.3 is 4.90 Å². The molecule has 1 aromatic heterocycles. The van der Waals surface area contributed by atoms with Crippen LogP contribution in [0.4, 0.5) is 5.82 Å². The van der Waals surface area contributed by atoms with Gasteiger partial charge in [-0.05, 0) is 33.1 Å². The van der Waals surface area contributed by atoms with Crippen LogP contribution in [0.1, 0.15) is 30.7 Å². The average molecular weight is 191 g/mol. The fourth-order valence-corrected chi connectivity index (χ4v) is 1.80. The number of nitrogens with zero attached hydrogens (tertiary/aromatic N) is 3. The maximum atomic E-state index is 4.56. The highest BCUT2D eigenvalue weighted by Gasteiger charge is 2.12. The molecule has 0 amide bonds. The van der Waals surface area contributed by atoms with E-state index in [1.54, 1.807) is 0 Å². The molecule has 1 aliphatic heterocycles. The molecule has 0 unspecified atom stereocenters. The van der Waals surface area contributed by atoms with Crippen molar-refractivity contribution in [3.05, 3.63) is 17.6 Å². The van der Waals surface area contributed by atoms with Crippen molar-refractivity contribution in [3.63, 3.8) is 0 Å². The summed E-state index contributed by atoms with van der Waals surface area (Å²) in [5.41, 5.74) is 2.08. The largest absolute Gasteiger partial charge is 0.355 e. The third kappa shape index (κ3) is 1.86. The topological polar surface area (TPSA) is 29.0 Å². The van der Waals surface area contributed by atoms with Crippen LogP contribution in [0.25, 0.3) is 0 Å². The van der Waals surface area contributed by atoms with Gasteiger partial charge in [-0.15, -0.1) is 0 Å². The van der Waals surface area contributed by atoms with Crippen LogP contribution in [-0.2, 0) is 0 Å². The Balaban J connectivity index is 2.18. The summed E-state index contributed by atoms with van der Waals surface area (Å²) in [5.74, 6) is 1.05. The van der Waals surface area contributed by atoms with Crippen molar-refractivity contribution in [3.8, 4) is 0 Å². The van der Waals surface area contributed by atoms with Gasteiger partial charge in [0.05, 0.1) is 17.6 Å². The molecule has 1 aliphatic rings. The first kappa shape index (κ1) is 9.44. The van der Waals surface area contributed by atoms with Gasteiger partial charge in [-0.2, -0.15) is 0 Å². The van der Waals surface area contributed by atoms with Crippen molar-refractivity contribution in [2.75, 3.05) is 18.0 Å². The Bertz CT molecular complexity index is 316. The first-order valence-electron chi connectivity index (χ1n) is 5.32. The minimum absolute atomic E-state index is 1.03. The lowest BCUT2D eigenvalue weighted by molar-refractivity contribution is 0.572. The summed E-state index contributed by atoms with van der Waals surface area (Å²) >= 11 is 0. The van der Waals surface area contributed by atoms with Gasteiger partial charge in [0.15, 0.2) is 0 Å². The van der Waals surface area contributed by atoms with Crippen molar-refractivity contribution in [2.24, 2.45) is 0 Å². The van der Waals surface area contributed by atoms with Crippen LogP contribution in [-0.4, -0.2) is 23.1 Å². The van der Waals surface area contributed by atoms with Crippen molar-refractivity contribution < 1.29 is 0 Å². The van der Waals surface area contributed by atoms with E-state index in [1.807, 2.05) is 20.0 Å². The summed E-state index contributed by atoms with van der Waals surface area (Å²) in [6.07, 6.45) is 5.83. The van der Waals surface area contributed by atoms with Gasteiger partial charge in [-0.1, -0.05) is 0 Å². The molecule has 2 heterocycles. The molecule has 0 aromatic carbocycles. The van der Waals surface area contributed by atoms with E-state index in [1.165, 1.54) is 19.3 Å². The lowest BCUT2D eigenvalue weighted by Crippen LogP contribution is -2.30. The maximum absolute atomic E-state index is 4.56.